The Morgan fingerprint density at radius 1 is 1.11 bits per heavy atom. The number of hydrogen-bond acceptors (Lipinski definition) is 5. The highest BCUT2D eigenvalue weighted by atomic mass is 16.3. The van der Waals surface area contributed by atoms with Crippen LogP contribution in [0.3, 0.4) is 0 Å². The Morgan fingerprint density at radius 2 is 1.96 bits per heavy atom. The van der Waals surface area contributed by atoms with Gasteiger partial charge < -0.3 is 14.9 Å². The summed E-state index contributed by atoms with van der Waals surface area (Å²) in [5.41, 5.74) is 1.56. The molecular weight excluding hydrogens is 344 g/mol. The van der Waals surface area contributed by atoms with Crippen LogP contribution in [0.1, 0.15) is 39.3 Å². The maximum absolute atomic E-state index is 13.0. The normalized spacial score (nSPS) is 21.8. The smallest absolute Gasteiger partial charge is 0.274 e. The lowest BCUT2D eigenvalue weighted by molar-refractivity contribution is 0.0573. The SMILES string of the molecule is Cc1ccc(C(=O)N2C[C@H]3CC[C@@H]2CN(C(=O)c2cnccn2)C3)cc1O. The fourth-order valence-corrected chi connectivity index (χ4v) is 3.98. The van der Waals surface area contributed by atoms with Crippen LogP contribution in [0, 0.1) is 12.8 Å². The van der Waals surface area contributed by atoms with E-state index in [0.29, 0.717) is 30.9 Å². The van der Waals surface area contributed by atoms with Gasteiger partial charge in [0.1, 0.15) is 11.4 Å². The molecule has 3 aliphatic rings. The maximum Gasteiger partial charge on any atom is 0.274 e. The number of amides is 2. The van der Waals surface area contributed by atoms with Crippen molar-refractivity contribution >= 4 is 11.8 Å². The minimum Gasteiger partial charge on any atom is -0.508 e. The standard InChI is InChI=1S/C20H22N4O3/c1-13-2-4-15(8-18(13)25)19(26)24-11-14-3-5-16(24)12-23(10-14)20(27)17-9-21-6-7-22-17/h2,4,6-9,14,16,25H,3,5,10-12H2,1H3/t14-,16+/m0/s1. The molecule has 5 rings (SSSR count). The molecular formula is C20H22N4O3. The molecule has 2 aromatic rings. The molecule has 2 bridgehead atoms. The van der Waals surface area contributed by atoms with Crippen LogP contribution in [-0.4, -0.2) is 62.4 Å². The van der Waals surface area contributed by atoms with E-state index in [1.165, 1.54) is 18.5 Å². The Hall–Kier alpha value is -2.96. The van der Waals surface area contributed by atoms with Crippen LogP contribution in [0.15, 0.2) is 36.8 Å². The van der Waals surface area contributed by atoms with Gasteiger partial charge in [-0.25, -0.2) is 4.98 Å². The maximum atomic E-state index is 13.0. The molecule has 0 unspecified atom stereocenters. The molecule has 2 amide bonds. The van der Waals surface area contributed by atoms with Crippen LogP contribution in [0.4, 0.5) is 0 Å². The van der Waals surface area contributed by atoms with E-state index in [9.17, 15) is 14.7 Å². The molecule has 3 saturated heterocycles. The predicted molar refractivity (Wildman–Crippen MR) is 98.3 cm³/mol. The number of phenols is 1. The van der Waals surface area contributed by atoms with Crippen molar-refractivity contribution in [2.45, 2.75) is 25.8 Å². The number of nitrogens with zero attached hydrogens (tertiary/aromatic N) is 4. The van der Waals surface area contributed by atoms with Crippen LogP contribution in [0.2, 0.25) is 0 Å². The van der Waals surface area contributed by atoms with Gasteiger partial charge in [-0.15, -0.1) is 0 Å². The molecule has 7 nitrogen and oxygen atoms in total. The summed E-state index contributed by atoms with van der Waals surface area (Å²) in [6, 6.07) is 5.00. The van der Waals surface area contributed by atoms with Gasteiger partial charge in [0.2, 0.25) is 0 Å². The highest BCUT2D eigenvalue weighted by molar-refractivity contribution is 5.95. The molecule has 1 N–H and O–H groups in total. The number of aromatic hydroxyl groups is 1. The summed E-state index contributed by atoms with van der Waals surface area (Å²) in [4.78, 5) is 37.6. The van der Waals surface area contributed by atoms with Gasteiger partial charge in [-0.2, -0.15) is 0 Å². The van der Waals surface area contributed by atoms with Gasteiger partial charge in [-0.1, -0.05) is 6.07 Å². The first-order valence-electron chi connectivity index (χ1n) is 9.19. The van der Waals surface area contributed by atoms with Gasteiger partial charge in [-0.05, 0) is 43.4 Å². The van der Waals surface area contributed by atoms with Crippen molar-refractivity contribution in [3.05, 3.63) is 53.6 Å². The molecule has 4 heterocycles. The van der Waals surface area contributed by atoms with Gasteiger partial charge in [-0.3, -0.25) is 14.6 Å². The molecule has 140 valence electrons. The third-order valence-electron chi connectivity index (χ3n) is 5.50. The molecule has 27 heavy (non-hydrogen) atoms. The molecule has 0 aliphatic carbocycles. The number of hydrogen-bond donors (Lipinski definition) is 1. The minimum absolute atomic E-state index is 0.0275. The van der Waals surface area contributed by atoms with Crippen LogP contribution >= 0.6 is 0 Å². The van der Waals surface area contributed by atoms with Crippen molar-refractivity contribution < 1.29 is 14.7 Å². The number of piperidine rings is 1. The van der Waals surface area contributed by atoms with Crippen molar-refractivity contribution in [2.24, 2.45) is 5.92 Å². The lowest BCUT2D eigenvalue weighted by atomic mass is 9.94. The number of carbonyl (C=O) groups is 2. The summed E-state index contributed by atoms with van der Waals surface area (Å²) in [6.07, 6.45) is 6.41. The monoisotopic (exact) mass is 366 g/mol. The minimum atomic E-state index is -0.137. The van der Waals surface area contributed by atoms with Crippen molar-refractivity contribution in [1.82, 2.24) is 19.8 Å². The molecule has 2 atom stereocenters. The lowest BCUT2D eigenvalue weighted by Crippen LogP contribution is -2.47. The molecule has 1 aromatic carbocycles. The quantitative estimate of drug-likeness (QED) is 0.877. The highest BCUT2D eigenvalue weighted by Crippen LogP contribution is 2.30. The third-order valence-corrected chi connectivity index (χ3v) is 5.50. The zero-order chi connectivity index (χ0) is 19.0. The average molecular weight is 366 g/mol. The summed E-state index contributed by atoms with van der Waals surface area (Å²) < 4.78 is 0. The van der Waals surface area contributed by atoms with Gasteiger partial charge in [0.15, 0.2) is 0 Å². The fraction of sp³-hybridized carbons (Fsp3) is 0.400. The number of fused-ring (bicyclic) bond motifs is 4. The Bertz CT molecular complexity index is 871. The van der Waals surface area contributed by atoms with Gasteiger partial charge in [0.05, 0.1) is 6.20 Å². The predicted octanol–water partition coefficient (Wildman–Crippen LogP) is 1.87. The lowest BCUT2D eigenvalue weighted by Gasteiger charge is -2.36. The van der Waals surface area contributed by atoms with Crippen LogP contribution in [0.5, 0.6) is 5.75 Å². The Labute approximate surface area is 157 Å². The summed E-state index contributed by atoms with van der Waals surface area (Å²) in [6.45, 7) is 3.54. The number of phenolic OH excluding ortho intramolecular Hbond substituents is 1. The van der Waals surface area contributed by atoms with E-state index in [1.54, 1.807) is 30.2 Å². The molecule has 0 spiro atoms. The zero-order valence-electron chi connectivity index (χ0n) is 15.2. The van der Waals surface area contributed by atoms with Crippen molar-refractivity contribution in [1.29, 1.82) is 0 Å². The Morgan fingerprint density at radius 3 is 2.70 bits per heavy atom. The van der Waals surface area contributed by atoms with E-state index in [1.807, 2.05) is 4.90 Å². The number of aryl methyl sites for hydroxylation is 1. The van der Waals surface area contributed by atoms with E-state index in [4.69, 9.17) is 0 Å². The molecule has 3 aliphatic heterocycles. The highest BCUT2D eigenvalue weighted by Gasteiger charge is 2.39. The van der Waals surface area contributed by atoms with E-state index in [0.717, 1.165) is 18.4 Å². The van der Waals surface area contributed by atoms with E-state index >= 15 is 0 Å². The second-order valence-electron chi connectivity index (χ2n) is 7.36. The van der Waals surface area contributed by atoms with Crippen LogP contribution in [0.25, 0.3) is 0 Å². The van der Waals surface area contributed by atoms with Gasteiger partial charge in [0.25, 0.3) is 11.8 Å². The molecule has 1 aromatic heterocycles. The summed E-state index contributed by atoms with van der Waals surface area (Å²) in [7, 11) is 0. The summed E-state index contributed by atoms with van der Waals surface area (Å²) in [5, 5.41) is 9.94. The van der Waals surface area contributed by atoms with Crippen molar-refractivity contribution in [3.63, 3.8) is 0 Å². The average Bonchev–Trinajstić information content (AvgIpc) is 3.01. The fourth-order valence-electron chi connectivity index (χ4n) is 3.98. The van der Waals surface area contributed by atoms with Crippen molar-refractivity contribution in [3.8, 4) is 5.75 Å². The van der Waals surface area contributed by atoms with Crippen LogP contribution < -0.4 is 0 Å². The summed E-state index contributed by atoms with van der Waals surface area (Å²) in [5.74, 6) is 0.142. The first-order valence-corrected chi connectivity index (χ1v) is 9.19. The topological polar surface area (TPSA) is 86.6 Å². The molecule has 7 heteroatoms. The van der Waals surface area contributed by atoms with E-state index < -0.39 is 0 Å². The first-order chi connectivity index (χ1) is 13.0. The van der Waals surface area contributed by atoms with Crippen LogP contribution in [-0.2, 0) is 0 Å². The van der Waals surface area contributed by atoms with E-state index in [2.05, 4.69) is 9.97 Å². The summed E-state index contributed by atoms with van der Waals surface area (Å²) >= 11 is 0. The van der Waals surface area contributed by atoms with Gasteiger partial charge >= 0.3 is 0 Å². The zero-order valence-corrected chi connectivity index (χ0v) is 15.2. The second-order valence-corrected chi connectivity index (χ2v) is 7.36. The number of benzene rings is 1. The van der Waals surface area contributed by atoms with Gasteiger partial charge in [0, 0.05) is 43.6 Å². The molecule has 0 radical (unpaired) electrons. The Balaban J connectivity index is 1.55. The second kappa shape index (κ2) is 6.98. The molecule has 0 saturated carbocycles. The number of aromatic nitrogens is 2. The Kier molecular flexibility index (Phi) is 4.51. The number of carbonyl (C=O) groups excluding carboxylic acids is 2. The number of rotatable bonds is 2. The van der Waals surface area contributed by atoms with Crippen molar-refractivity contribution in [2.75, 3.05) is 19.6 Å². The molecule has 3 fully saturated rings. The largest absolute Gasteiger partial charge is 0.508 e. The van der Waals surface area contributed by atoms with E-state index in [-0.39, 0.29) is 29.5 Å². The third kappa shape index (κ3) is 3.37. The first kappa shape index (κ1) is 17.5.